The van der Waals surface area contributed by atoms with Crippen LogP contribution in [-0.4, -0.2) is 29.4 Å². The number of hydrogen-bond donors (Lipinski definition) is 1. The van der Waals surface area contributed by atoms with E-state index in [4.69, 9.17) is 9.68 Å². The van der Waals surface area contributed by atoms with Crippen LogP contribution in [0.1, 0.15) is 19.3 Å². The highest BCUT2D eigenvalue weighted by atomic mass is 17.0. The Morgan fingerprint density at radius 1 is 1.36 bits per heavy atom. The summed E-state index contributed by atoms with van der Waals surface area (Å²) in [6.07, 6.45) is 5.82. The Morgan fingerprint density at radius 3 is 2.79 bits per heavy atom. The summed E-state index contributed by atoms with van der Waals surface area (Å²) in [6.45, 7) is 1.53. The molecule has 6 heteroatoms. The monoisotopic (exact) mass is 199 g/mol. The fourth-order valence-electron chi connectivity index (χ4n) is 1.46. The Labute approximate surface area is 81.9 Å². The van der Waals surface area contributed by atoms with Crippen molar-refractivity contribution in [3.05, 3.63) is 12.5 Å². The number of hydrogen-bond acceptors (Lipinski definition) is 5. The third-order valence-corrected chi connectivity index (χ3v) is 2.18. The third kappa shape index (κ3) is 2.08. The van der Waals surface area contributed by atoms with Gasteiger partial charge in [-0.25, -0.2) is 4.79 Å². The molecule has 0 saturated carbocycles. The van der Waals surface area contributed by atoms with Gasteiger partial charge in [0, 0.05) is 13.1 Å². The number of carbonyl (C=O) groups is 1. The normalized spacial score (nSPS) is 21.6. The number of piperidine rings is 1. The Balaban J connectivity index is 1.76. The Kier molecular flexibility index (Phi) is 2.73. The maximum absolute atomic E-state index is 11.5. The van der Waals surface area contributed by atoms with Gasteiger partial charge < -0.3 is 9.74 Å². The number of nitrogens with zero attached hydrogens (tertiary/aromatic N) is 2. The van der Waals surface area contributed by atoms with Crippen LogP contribution in [0, 0.1) is 0 Å². The predicted molar refractivity (Wildman–Crippen MR) is 47.1 cm³/mol. The molecule has 14 heavy (non-hydrogen) atoms. The van der Waals surface area contributed by atoms with Gasteiger partial charge in [-0.2, -0.15) is 0 Å². The van der Waals surface area contributed by atoms with Crippen LogP contribution in [0.3, 0.4) is 0 Å². The lowest BCUT2D eigenvalue weighted by atomic mass is 10.1. The molecular weight excluding hydrogens is 186 g/mol. The largest absolute Gasteiger partial charge is 0.433 e. The van der Waals surface area contributed by atoms with E-state index >= 15 is 0 Å². The Morgan fingerprint density at radius 2 is 2.14 bits per heavy atom. The molecule has 0 aromatic carbocycles. The average molecular weight is 199 g/mol. The van der Waals surface area contributed by atoms with Crippen LogP contribution in [0.25, 0.3) is 0 Å². The molecule has 1 amide bonds. The molecule has 1 N–H and O–H groups in total. The average Bonchev–Trinajstić information content (AvgIpc) is 2.72. The van der Waals surface area contributed by atoms with Crippen molar-refractivity contribution in [2.24, 2.45) is 0 Å². The van der Waals surface area contributed by atoms with Crippen molar-refractivity contribution < 1.29 is 14.5 Å². The van der Waals surface area contributed by atoms with Gasteiger partial charge in [-0.05, 0) is 19.3 Å². The van der Waals surface area contributed by atoms with E-state index in [1.165, 1.54) is 18.9 Å². The molecule has 0 aromatic heterocycles. The quantitative estimate of drug-likeness (QED) is 0.675. The SMILES string of the molecule is O=C(ON1NC=CO1)N1CCCCC1. The van der Waals surface area contributed by atoms with Crippen molar-refractivity contribution in [1.29, 1.82) is 0 Å². The highest BCUT2D eigenvalue weighted by molar-refractivity contribution is 5.67. The number of hydrazine groups is 1. The molecule has 78 valence electrons. The molecule has 1 saturated heterocycles. The summed E-state index contributed by atoms with van der Waals surface area (Å²) < 4.78 is 0. The highest BCUT2D eigenvalue weighted by Crippen LogP contribution is 2.10. The van der Waals surface area contributed by atoms with Crippen LogP contribution in [0.15, 0.2) is 12.5 Å². The van der Waals surface area contributed by atoms with Crippen molar-refractivity contribution in [2.75, 3.05) is 13.1 Å². The maximum Gasteiger partial charge on any atom is 0.433 e. The molecule has 1 fully saturated rings. The highest BCUT2D eigenvalue weighted by Gasteiger charge is 2.22. The van der Waals surface area contributed by atoms with E-state index in [-0.39, 0.29) is 6.09 Å². The zero-order valence-corrected chi connectivity index (χ0v) is 7.81. The molecule has 2 aliphatic heterocycles. The first-order valence-electron chi connectivity index (χ1n) is 4.71. The summed E-state index contributed by atoms with van der Waals surface area (Å²) in [4.78, 5) is 22.8. The van der Waals surface area contributed by atoms with E-state index in [1.54, 1.807) is 4.90 Å². The van der Waals surface area contributed by atoms with E-state index in [9.17, 15) is 4.79 Å². The van der Waals surface area contributed by atoms with Crippen molar-refractivity contribution in [3.63, 3.8) is 0 Å². The molecule has 0 bridgehead atoms. The summed E-state index contributed by atoms with van der Waals surface area (Å²) in [5.74, 6) is 0. The van der Waals surface area contributed by atoms with Crippen molar-refractivity contribution >= 4 is 6.09 Å². The van der Waals surface area contributed by atoms with E-state index in [0.29, 0.717) is 0 Å². The maximum atomic E-state index is 11.5. The minimum atomic E-state index is -0.374. The standard InChI is InChI=1S/C8H13N3O3/c12-8(10-5-2-1-3-6-10)14-11-9-4-7-13-11/h4,7,9H,1-3,5-6H2. The minimum Gasteiger partial charge on any atom is -0.360 e. The van der Waals surface area contributed by atoms with Crippen molar-refractivity contribution in [1.82, 2.24) is 15.7 Å². The number of carbonyl (C=O) groups excluding carboxylic acids is 1. The van der Waals surface area contributed by atoms with Gasteiger partial charge in [-0.3, -0.25) is 10.3 Å². The van der Waals surface area contributed by atoms with Crippen molar-refractivity contribution in [2.45, 2.75) is 19.3 Å². The van der Waals surface area contributed by atoms with E-state index in [1.807, 2.05) is 0 Å². The molecule has 0 spiro atoms. The number of nitrogens with one attached hydrogen (secondary N) is 1. The Bertz CT molecular complexity index is 230. The molecular formula is C8H13N3O3. The van der Waals surface area contributed by atoms with Gasteiger partial charge >= 0.3 is 6.09 Å². The second-order valence-electron chi connectivity index (χ2n) is 3.20. The topological polar surface area (TPSA) is 54.0 Å². The molecule has 0 aromatic rings. The zero-order chi connectivity index (χ0) is 9.80. The fourth-order valence-corrected chi connectivity index (χ4v) is 1.46. The van der Waals surface area contributed by atoms with Gasteiger partial charge in [0.25, 0.3) is 0 Å². The van der Waals surface area contributed by atoms with Crippen LogP contribution in [-0.2, 0) is 9.68 Å². The van der Waals surface area contributed by atoms with Gasteiger partial charge in [0.15, 0.2) is 0 Å². The summed E-state index contributed by atoms with van der Waals surface area (Å²) in [7, 11) is 0. The number of likely N-dealkylation sites (tertiary alicyclic amines) is 1. The molecule has 0 atom stereocenters. The second-order valence-corrected chi connectivity index (χ2v) is 3.20. The van der Waals surface area contributed by atoms with Gasteiger partial charge in [0.2, 0.25) is 0 Å². The smallest absolute Gasteiger partial charge is 0.360 e. The van der Waals surface area contributed by atoms with Crippen LogP contribution >= 0.6 is 0 Å². The molecule has 2 aliphatic rings. The van der Waals surface area contributed by atoms with Crippen LogP contribution in [0.2, 0.25) is 0 Å². The van der Waals surface area contributed by atoms with Crippen LogP contribution in [0.4, 0.5) is 4.79 Å². The molecule has 2 heterocycles. The third-order valence-electron chi connectivity index (χ3n) is 2.18. The first kappa shape index (κ1) is 9.14. The molecule has 6 nitrogen and oxygen atoms in total. The lowest BCUT2D eigenvalue weighted by Gasteiger charge is -2.26. The summed E-state index contributed by atoms with van der Waals surface area (Å²) in [5.41, 5.74) is 2.59. The first-order chi connectivity index (χ1) is 6.86. The van der Waals surface area contributed by atoms with Gasteiger partial charge in [0.05, 0.1) is 6.20 Å². The number of rotatable bonds is 1. The minimum absolute atomic E-state index is 0.374. The molecule has 0 unspecified atom stereocenters. The Hall–Kier alpha value is -1.43. The number of amides is 1. The van der Waals surface area contributed by atoms with Crippen LogP contribution < -0.4 is 5.43 Å². The van der Waals surface area contributed by atoms with Gasteiger partial charge in [-0.15, -0.1) is 0 Å². The van der Waals surface area contributed by atoms with E-state index in [0.717, 1.165) is 31.3 Å². The molecule has 0 aliphatic carbocycles. The molecule has 2 rings (SSSR count). The molecule has 0 radical (unpaired) electrons. The summed E-state index contributed by atoms with van der Waals surface area (Å²) >= 11 is 0. The van der Waals surface area contributed by atoms with E-state index < -0.39 is 0 Å². The van der Waals surface area contributed by atoms with Gasteiger partial charge in [0.1, 0.15) is 11.6 Å². The predicted octanol–water partition coefficient (Wildman–Crippen LogP) is 0.747. The lowest BCUT2D eigenvalue weighted by molar-refractivity contribution is -0.320. The second kappa shape index (κ2) is 4.19. The zero-order valence-electron chi connectivity index (χ0n) is 7.81. The first-order valence-corrected chi connectivity index (χ1v) is 4.71. The summed E-state index contributed by atoms with van der Waals surface area (Å²) in [5, 5.41) is 0.928. The lowest BCUT2D eigenvalue weighted by Crippen LogP contribution is -2.41. The fraction of sp³-hybridized carbons (Fsp3) is 0.625. The summed E-state index contributed by atoms with van der Waals surface area (Å²) in [6, 6.07) is 0. The van der Waals surface area contributed by atoms with Gasteiger partial charge in [-0.1, -0.05) is 0 Å². The van der Waals surface area contributed by atoms with Crippen LogP contribution in [0.5, 0.6) is 0 Å². The van der Waals surface area contributed by atoms with Crippen molar-refractivity contribution in [3.8, 4) is 0 Å². The van der Waals surface area contributed by atoms with E-state index in [2.05, 4.69) is 5.43 Å².